The Balaban J connectivity index is 3.40. The summed E-state index contributed by atoms with van der Waals surface area (Å²) >= 11 is 0. The topological polar surface area (TPSA) is 17.1 Å². The van der Waals surface area contributed by atoms with Gasteiger partial charge in [0, 0.05) is 0 Å². The first kappa shape index (κ1) is 20.4. The molecule has 0 spiro atoms. The third-order valence-electron chi connectivity index (χ3n) is 4.31. The van der Waals surface area contributed by atoms with E-state index in [9.17, 15) is 4.79 Å². The molecule has 0 aromatic carbocycles. The van der Waals surface area contributed by atoms with Crippen LogP contribution < -0.4 is 0 Å². The molecule has 0 atom stereocenters. The molecule has 0 heterocycles. The highest BCUT2D eigenvalue weighted by atomic mass is 16.1. The van der Waals surface area contributed by atoms with Crippen molar-refractivity contribution in [1.29, 1.82) is 0 Å². The van der Waals surface area contributed by atoms with Crippen molar-refractivity contribution in [3.8, 4) is 0 Å². The number of unbranched alkanes of at least 4 members (excludes halogenated alkanes) is 9. The van der Waals surface area contributed by atoms with E-state index < -0.39 is 0 Å². The molecular formula is C19H38NO+. The summed E-state index contributed by atoms with van der Waals surface area (Å²) in [5.74, 6) is 0.171. The van der Waals surface area contributed by atoms with Gasteiger partial charge in [-0.3, -0.25) is 4.79 Å². The molecule has 0 bridgehead atoms. The first-order valence-corrected chi connectivity index (χ1v) is 8.99. The van der Waals surface area contributed by atoms with E-state index in [4.69, 9.17) is 0 Å². The van der Waals surface area contributed by atoms with Gasteiger partial charge in [0.1, 0.15) is 0 Å². The minimum atomic E-state index is 0.171. The average Bonchev–Trinajstić information content (AvgIpc) is 2.46. The molecule has 2 heteroatoms. The lowest BCUT2D eigenvalue weighted by atomic mass is 10.1. The smallest absolute Gasteiger partial charge is 0.160 e. The van der Waals surface area contributed by atoms with E-state index in [1.807, 2.05) is 0 Å². The summed E-state index contributed by atoms with van der Waals surface area (Å²) < 4.78 is 0.955. The highest BCUT2D eigenvalue weighted by Crippen LogP contribution is 2.12. The number of hydrogen-bond acceptors (Lipinski definition) is 1. The third kappa shape index (κ3) is 14.1. The van der Waals surface area contributed by atoms with E-state index in [0.29, 0.717) is 6.42 Å². The summed E-state index contributed by atoms with van der Waals surface area (Å²) in [5, 5.41) is 0. The zero-order chi connectivity index (χ0) is 16.0. The summed E-state index contributed by atoms with van der Waals surface area (Å²) in [4.78, 5) is 11.3. The van der Waals surface area contributed by atoms with Crippen molar-refractivity contribution in [2.24, 2.45) is 0 Å². The first-order valence-electron chi connectivity index (χ1n) is 8.99. The molecule has 124 valence electrons. The Labute approximate surface area is 133 Å². The third-order valence-corrected chi connectivity index (χ3v) is 4.31. The number of nitrogens with zero attached hydrogens (tertiary/aromatic N) is 1. The highest BCUT2D eigenvalue weighted by Gasteiger charge is 2.15. The van der Waals surface area contributed by atoms with Crippen LogP contribution in [-0.4, -0.2) is 37.5 Å². The maximum Gasteiger partial charge on any atom is 0.160 e. The Hall–Kier alpha value is -0.630. The zero-order valence-corrected chi connectivity index (χ0v) is 14.8. The molecule has 2 nitrogen and oxygen atoms in total. The summed E-state index contributed by atoms with van der Waals surface area (Å²) in [6.07, 6.45) is 15.9. The van der Waals surface area contributed by atoms with Gasteiger partial charge in [0.15, 0.2) is 5.78 Å². The van der Waals surface area contributed by atoms with Crippen LogP contribution in [0.15, 0.2) is 12.7 Å². The predicted molar refractivity (Wildman–Crippen MR) is 93.5 cm³/mol. The summed E-state index contributed by atoms with van der Waals surface area (Å²) in [5.41, 5.74) is 0. The van der Waals surface area contributed by atoms with Crippen molar-refractivity contribution >= 4 is 5.78 Å². The van der Waals surface area contributed by atoms with E-state index in [0.717, 1.165) is 11.0 Å². The second-order valence-electron chi connectivity index (χ2n) is 6.99. The Kier molecular flexibility index (Phi) is 12.7. The molecule has 0 rings (SSSR count). The normalized spacial score (nSPS) is 11.6. The highest BCUT2D eigenvalue weighted by molar-refractivity contribution is 5.89. The van der Waals surface area contributed by atoms with Gasteiger partial charge < -0.3 is 4.48 Å². The Morgan fingerprint density at radius 1 is 0.857 bits per heavy atom. The second-order valence-corrected chi connectivity index (χ2v) is 6.99. The maximum atomic E-state index is 11.3. The van der Waals surface area contributed by atoms with Crippen LogP contribution in [0.3, 0.4) is 0 Å². The van der Waals surface area contributed by atoms with Crippen LogP contribution in [0.25, 0.3) is 0 Å². The lowest BCUT2D eigenvalue weighted by Crippen LogP contribution is -2.41. The van der Waals surface area contributed by atoms with E-state index in [2.05, 4.69) is 27.6 Å². The number of ketones is 1. The number of carbonyl (C=O) groups is 1. The van der Waals surface area contributed by atoms with E-state index in [1.165, 1.54) is 76.8 Å². The monoisotopic (exact) mass is 296 g/mol. The molecule has 0 aromatic rings. The van der Waals surface area contributed by atoms with E-state index in [1.54, 1.807) is 0 Å². The number of carbonyl (C=O) groups excluding carboxylic acids is 1. The van der Waals surface area contributed by atoms with Gasteiger partial charge in [-0.2, -0.15) is 0 Å². The van der Waals surface area contributed by atoms with Crippen molar-refractivity contribution in [2.45, 2.75) is 77.6 Å². The standard InChI is InChI=1S/C19H38NO/c1-5-7-8-9-10-11-12-13-14-15-17-20(3,4)18-16-19(21)6-2/h6H,2,5,7-18H2,1,3-4H3/q+1. The lowest BCUT2D eigenvalue weighted by Gasteiger charge is -2.29. The second kappa shape index (κ2) is 13.1. The fraction of sp³-hybridized carbons (Fsp3) is 0.842. The van der Waals surface area contributed by atoms with Gasteiger partial charge in [0.05, 0.1) is 33.6 Å². The summed E-state index contributed by atoms with van der Waals surface area (Å²) in [7, 11) is 4.45. The van der Waals surface area contributed by atoms with Crippen molar-refractivity contribution in [3.05, 3.63) is 12.7 Å². The lowest BCUT2D eigenvalue weighted by molar-refractivity contribution is -0.889. The molecule has 0 fully saturated rings. The molecule has 0 saturated carbocycles. The van der Waals surface area contributed by atoms with Gasteiger partial charge in [-0.25, -0.2) is 0 Å². The van der Waals surface area contributed by atoms with Crippen LogP contribution in [-0.2, 0) is 4.79 Å². The predicted octanol–water partition coefficient (Wildman–Crippen LogP) is 5.13. The van der Waals surface area contributed by atoms with Crippen molar-refractivity contribution in [3.63, 3.8) is 0 Å². The fourth-order valence-electron chi connectivity index (χ4n) is 2.65. The number of quaternary nitrogens is 1. The van der Waals surface area contributed by atoms with E-state index in [-0.39, 0.29) is 5.78 Å². The fourth-order valence-corrected chi connectivity index (χ4v) is 2.65. The molecule has 21 heavy (non-hydrogen) atoms. The maximum absolute atomic E-state index is 11.3. The Bertz CT molecular complexity index is 271. The van der Waals surface area contributed by atoms with Crippen LogP contribution in [0.5, 0.6) is 0 Å². The summed E-state index contributed by atoms with van der Waals surface area (Å²) in [6, 6.07) is 0. The molecule has 0 aliphatic heterocycles. The quantitative estimate of drug-likeness (QED) is 0.233. The van der Waals surface area contributed by atoms with Gasteiger partial charge in [-0.15, -0.1) is 0 Å². The molecule has 0 saturated heterocycles. The van der Waals surface area contributed by atoms with Crippen LogP contribution in [0.1, 0.15) is 77.6 Å². The molecule has 0 aromatic heterocycles. The van der Waals surface area contributed by atoms with E-state index >= 15 is 0 Å². The van der Waals surface area contributed by atoms with Crippen LogP contribution in [0.2, 0.25) is 0 Å². The number of allylic oxidation sites excluding steroid dienone is 1. The number of rotatable bonds is 15. The zero-order valence-electron chi connectivity index (χ0n) is 14.8. The van der Waals surface area contributed by atoms with Crippen molar-refractivity contribution < 1.29 is 9.28 Å². The SMILES string of the molecule is C=CC(=O)CC[N+](C)(C)CCCCCCCCCCCC. The molecule has 0 aliphatic rings. The van der Waals surface area contributed by atoms with Crippen LogP contribution in [0, 0.1) is 0 Å². The Morgan fingerprint density at radius 3 is 1.81 bits per heavy atom. The van der Waals surface area contributed by atoms with Gasteiger partial charge >= 0.3 is 0 Å². The molecule has 0 aliphatic carbocycles. The van der Waals surface area contributed by atoms with Gasteiger partial charge in [0.2, 0.25) is 0 Å². The summed E-state index contributed by atoms with van der Waals surface area (Å²) in [6.45, 7) is 7.92. The van der Waals surface area contributed by atoms with Gasteiger partial charge in [-0.1, -0.05) is 64.9 Å². The van der Waals surface area contributed by atoms with Crippen LogP contribution >= 0.6 is 0 Å². The molecule has 0 unspecified atom stereocenters. The minimum absolute atomic E-state index is 0.171. The minimum Gasteiger partial charge on any atom is -0.328 e. The number of hydrogen-bond donors (Lipinski definition) is 0. The molecule has 0 amide bonds. The van der Waals surface area contributed by atoms with Crippen molar-refractivity contribution in [2.75, 3.05) is 27.2 Å². The van der Waals surface area contributed by atoms with Gasteiger partial charge in [-0.05, 0) is 18.9 Å². The first-order chi connectivity index (χ1) is 10.0. The molecular weight excluding hydrogens is 258 g/mol. The molecule has 0 radical (unpaired) electrons. The molecule has 0 N–H and O–H groups in total. The average molecular weight is 297 g/mol. The van der Waals surface area contributed by atoms with Crippen molar-refractivity contribution in [1.82, 2.24) is 0 Å². The van der Waals surface area contributed by atoms with Gasteiger partial charge in [0.25, 0.3) is 0 Å². The Morgan fingerprint density at radius 2 is 1.33 bits per heavy atom. The largest absolute Gasteiger partial charge is 0.328 e. The van der Waals surface area contributed by atoms with Crippen LogP contribution in [0.4, 0.5) is 0 Å².